The van der Waals surface area contributed by atoms with Crippen molar-refractivity contribution < 1.29 is 18.7 Å². The monoisotopic (exact) mass is 284 g/mol. The minimum Gasteiger partial charge on any atom is -0.467 e. The minimum absolute atomic E-state index is 0.00121. The SMILES string of the molecule is CCOC(=O)C1=C(CCl)NC(=O)N[C@@H]1c1ccco1. The minimum atomic E-state index is -0.698. The van der Waals surface area contributed by atoms with Crippen molar-refractivity contribution in [1.29, 1.82) is 0 Å². The van der Waals surface area contributed by atoms with Crippen molar-refractivity contribution in [3.05, 3.63) is 35.4 Å². The maximum absolute atomic E-state index is 12.0. The van der Waals surface area contributed by atoms with E-state index in [1.165, 1.54) is 6.26 Å². The molecule has 7 heteroatoms. The number of esters is 1. The Kier molecular flexibility index (Phi) is 4.11. The van der Waals surface area contributed by atoms with Gasteiger partial charge < -0.3 is 19.8 Å². The van der Waals surface area contributed by atoms with Gasteiger partial charge in [-0.3, -0.25) is 0 Å². The van der Waals surface area contributed by atoms with Crippen LogP contribution in [0.25, 0.3) is 0 Å². The molecule has 0 saturated carbocycles. The molecule has 0 radical (unpaired) electrons. The van der Waals surface area contributed by atoms with Gasteiger partial charge in [-0.15, -0.1) is 11.6 Å². The van der Waals surface area contributed by atoms with Gasteiger partial charge in [-0.25, -0.2) is 9.59 Å². The Hall–Kier alpha value is -1.95. The van der Waals surface area contributed by atoms with Crippen molar-refractivity contribution >= 4 is 23.6 Å². The predicted octanol–water partition coefficient (Wildman–Crippen LogP) is 1.69. The molecule has 1 aliphatic rings. The van der Waals surface area contributed by atoms with Gasteiger partial charge in [-0.1, -0.05) is 0 Å². The highest BCUT2D eigenvalue weighted by Crippen LogP contribution is 2.28. The van der Waals surface area contributed by atoms with Gasteiger partial charge in [0.1, 0.15) is 11.8 Å². The molecule has 1 aromatic rings. The zero-order chi connectivity index (χ0) is 13.8. The molecule has 1 aliphatic heterocycles. The molecule has 2 N–H and O–H groups in total. The molecule has 1 atom stereocenters. The van der Waals surface area contributed by atoms with E-state index in [-0.39, 0.29) is 18.1 Å². The molecule has 19 heavy (non-hydrogen) atoms. The third-order valence-corrected chi connectivity index (χ3v) is 2.88. The summed E-state index contributed by atoms with van der Waals surface area (Å²) in [4.78, 5) is 23.6. The standard InChI is InChI=1S/C12H13ClN2O4/c1-2-18-11(16)9-7(6-13)14-12(17)15-10(9)8-4-3-5-19-8/h3-5,10H,2,6H2,1H3,(H2,14,15,17)/t10-/m1/s1. The van der Waals surface area contributed by atoms with Crippen molar-refractivity contribution in [3.8, 4) is 0 Å². The topological polar surface area (TPSA) is 80.6 Å². The quantitative estimate of drug-likeness (QED) is 0.651. The number of hydrogen-bond acceptors (Lipinski definition) is 4. The van der Waals surface area contributed by atoms with Crippen LogP contribution >= 0.6 is 11.6 Å². The van der Waals surface area contributed by atoms with Crippen LogP contribution in [0.3, 0.4) is 0 Å². The number of halogens is 1. The lowest BCUT2D eigenvalue weighted by atomic mass is 10.0. The van der Waals surface area contributed by atoms with Gasteiger partial charge >= 0.3 is 12.0 Å². The normalized spacial score (nSPS) is 18.8. The van der Waals surface area contributed by atoms with Crippen molar-refractivity contribution in [3.63, 3.8) is 0 Å². The molecule has 0 spiro atoms. The van der Waals surface area contributed by atoms with E-state index in [0.29, 0.717) is 11.5 Å². The fourth-order valence-electron chi connectivity index (χ4n) is 1.84. The lowest BCUT2D eigenvalue weighted by molar-refractivity contribution is -0.139. The van der Waals surface area contributed by atoms with Crippen molar-refractivity contribution in [2.45, 2.75) is 13.0 Å². The number of amides is 2. The lowest BCUT2D eigenvalue weighted by Crippen LogP contribution is -2.46. The second-order valence-corrected chi connectivity index (χ2v) is 4.06. The number of allylic oxidation sites excluding steroid dienone is 1. The second kappa shape index (κ2) is 5.79. The molecule has 102 valence electrons. The average molecular weight is 285 g/mol. The Morgan fingerprint density at radius 3 is 2.95 bits per heavy atom. The molecule has 2 rings (SSSR count). The van der Waals surface area contributed by atoms with E-state index in [1.54, 1.807) is 19.1 Å². The van der Waals surface area contributed by atoms with E-state index in [2.05, 4.69) is 10.6 Å². The molecule has 0 aromatic carbocycles. The molecule has 0 unspecified atom stereocenters. The van der Waals surface area contributed by atoms with Crippen LogP contribution in [0.15, 0.2) is 34.1 Å². The van der Waals surface area contributed by atoms with Crippen LogP contribution in [0.1, 0.15) is 18.7 Å². The van der Waals surface area contributed by atoms with E-state index in [9.17, 15) is 9.59 Å². The number of alkyl halides is 1. The summed E-state index contributed by atoms with van der Waals surface area (Å²) in [6.07, 6.45) is 1.46. The first-order chi connectivity index (χ1) is 9.17. The lowest BCUT2D eigenvalue weighted by Gasteiger charge is -2.26. The molecule has 0 bridgehead atoms. The van der Waals surface area contributed by atoms with Crippen LogP contribution in [0.4, 0.5) is 4.79 Å². The molecule has 6 nitrogen and oxygen atoms in total. The number of urea groups is 1. The highest BCUT2D eigenvalue weighted by molar-refractivity contribution is 6.20. The maximum Gasteiger partial charge on any atom is 0.338 e. The number of furan rings is 1. The van der Waals surface area contributed by atoms with E-state index in [4.69, 9.17) is 20.8 Å². The summed E-state index contributed by atoms with van der Waals surface area (Å²) in [5.74, 6) is -0.0914. The van der Waals surface area contributed by atoms with Crippen LogP contribution in [0.2, 0.25) is 0 Å². The van der Waals surface area contributed by atoms with E-state index in [1.807, 2.05) is 0 Å². The number of carbonyl (C=O) groups is 2. The fraction of sp³-hybridized carbons (Fsp3) is 0.333. The molecule has 0 saturated heterocycles. The number of rotatable bonds is 4. The summed E-state index contributed by atoms with van der Waals surface area (Å²) in [6.45, 7) is 1.94. The number of hydrogen-bond donors (Lipinski definition) is 2. The van der Waals surface area contributed by atoms with Gasteiger partial charge in [-0.2, -0.15) is 0 Å². The first kappa shape index (κ1) is 13.5. The van der Waals surface area contributed by atoms with E-state index in [0.717, 1.165) is 0 Å². The van der Waals surface area contributed by atoms with E-state index >= 15 is 0 Å². The molecular weight excluding hydrogens is 272 g/mol. The van der Waals surface area contributed by atoms with Gasteiger partial charge in [0.2, 0.25) is 0 Å². The third kappa shape index (κ3) is 2.73. The van der Waals surface area contributed by atoms with Crippen LogP contribution in [-0.2, 0) is 9.53 Å². The Labute approximate surface area is 114 Å². The van der Waals surface area contributed by atoms with Gasteiger partial charge in [-0.05, 0) is 19.1 Å². The van der Waals surface area contributed by atoms with Crippen LogP contribution in [0.5, 0.6) is 0 Å². The van der Waals surface area contributed by atoms with Crippen molar-refractivity contribution in [2.24, 2.45) is 0 Å². The first-order valence-corrected chi connectivity index (χ1v) is 6.27. The number of ether oxygens (including phenoxy) is 1. The fourth-order valence-corrected chi connectivity index (χ4v) is 2.05. The average Bonchev–Trinajstić information content (AvgIpc) is 2.91. The zero-order valence-corrected chi connectivity index (χ0v) is 11.0. The smallest absolute Gasteiger partial charge is 0.338 e. The molecule has 2 amide bonds. The summed E-state index contributed by atoms with van der Waals surface area (Å²) in [5.41, 5.74) is 0.580. The van der Waals surface area contributed by atoms with Crippen LogP contribution in [-0.4, -0.2) is 24.5 Å². The second-order valence-electron chi connectivity index (χ2n) is 3.79. The Morgan fingerprint density at radius 1 is 1.58 bits per heavy atom. The van der Waals surface area contributed by atoms with E-state index < -0.39 is 18.0 Å². The highest BCUT2D eigenvalue weighted by Gasteiger charge is 2.34. The molecule has 0 fully saturated rings. The van der Waals surface area contributed by atoms with Gasteiger partial charge in [0, 0.05) is 5.70 Å². The summed E-state index contributed by atoms with van der Waals surface area (Å²) in [5, 5.41) is 5.11. The van der Waals surface area contributed by atoms with Gasteiger partial charge in [0.25, 0.3) is 0 Å². The number of nitrogens with one attached hydrogen (secondary N) is 2. The van der Waals surface area contributed by atoms with Gasteiger partial charge in [0.05, 0.1) is 24.3 Å². The molecular formula is C12H13ClN2O4. The summed E-state index contributed by atoms with van der Waals surface area (Å²) < 4.78 is 10.2. The van der Waals surface area contributed by atoms with Crippen LogP contribution in [0, 0.1) is 0 Å². The van der Waals surface area contributed by atoms with Crippen molar-refractivity contribution in [1.82, 2.24) is 10.6 Å². The van der Waals surface area contributed by atoms with Crippen molar-refractivity contribution in [2.75, 3.05) is 12.5 Å². The Bertz CT molecular complexity index is 510. The first-order valence-electron chi connectivity index (χ1n) is 5.74. The summed E-state index contributed by atoms with van der Waals surface area (Å²) in [6, 6.07) is 2.20. The Morgan fingerprint density at radius 2 is 2.37 bits per heavy atom. The molecule has 0 aliphatic carbocycles. The van der Waals surface area contributed by atoms with Gasteiger partial charge in [0.15, 0.2) is 0 Å². The Balaban J connectivity index is 2.43. The summed E-state index contributed by atoms with van der Waals surface area (Å²) >= 11 is 5.77. The third-order valence-electron chi connectivity index (χ3n) is 2.61. The van der Waals surface area contributed by atoms with Crippen LogP contribution < -0.4 is 10.6 Å². The zero-order valence-electron chi connectivity index (χ0n) is 10.2. The number of carbonyl (C=O) groups excluding carboxylic acids is 2. The highest BCUT2D eigenvalue weighted by atomic mass is 35.5. The molecule has 1 aromatic heterocycles. The molecule has 2 heterocycles. The maximum atomic E-state index is 12.0. The largest absolute Gasteiger partial charge is 0.467 e. The summed E-state index contributed by atoms with van der Waals surface area (Å²) in [7, 11) is 0. The predicted molar refractivity (Wildman–Crippen MR) is 67.5 cm³/mol.